The third-order valence-corrected chi connectivity index (χ3v) is 4.86. The van der Waals surface area contributed by atoms with Gasteiger partial charge in [0, 0.05) is 17.8 Å². The Morgan fingerprint density at radius 2 is 2.05 bits per heavy atom. The Kier molecular flexibility index (Phi) is 4.49. The van der Waals surface area contributed by atoms with Crippen molar-refractivity contribution in [3.05, 3.63) is 24.3 Å². The number of carbonyl (C=O) groups excluding carboxylic acids is 1. The number of rotatable bonds is 4. The molecule has 0 saturated carbocycles. The topological polar surface area (TPSA) is 98.5 Å². The zero-order valence-electron chi connectivity index (χ0n) is 11.0. The van der Waals surface area contributed by atoms with Crippen molar-refractivity contribution in [2.45, 2.75) is 18.9 Å². The second-order valence-electron chi connectivity index (χ2n) is 4.85. The Morgan fingerprint density at radius 1 is 1.35 bits per heavy atom. The molecule has 110 valence electrons. The first-order chi connectivity index (χ1) is 9.44. The van der Waals surface area contributed by atoms with Gasteiger partial charge in [-0.15, -0.1) is 0 Å². The van der Waals surface area contributed by atoms with Crippen LogP contribution in [0.25, 0.3) is 0 Å². The summed E-state index contributed by atoms with van der Waals surface area (Å²) in [5.74, 6) is 0.547. The SMILES string of the molecule is Nc1cccc(OCC(=O)NC2CCS(=O)(=O)CC2)c1. The molecule has 0 atom stereocenters. The highest BCUT2D eigenvalue weighted by Gasteiger charge is 2.24. The lowest BCUT2D eigenvalue weighted by Crippen LogP contribution is -2.42. The number of nitrogens with two attached hydrogens (primary N) is 1. The Morgan fingerprint density at radius 3 is 2.70 bits per heavy atom. The predicted octanol–water partition coefficient (Wildman–Crippen LogP) is 0.341. The van der Waals surface area contributed by atoms with Crippen LogP contribution in [-0.4, -0.2) is 38.5 Å². The van der Waals surface area contributed by atoms with Crippen molar-refractivity contribution in [1.82, 2.24) is 5.32 Å². The molecule has 3 N–H and O–H groups in total. The van der Waals surface area contributed by atoms with Crippen molar-refractivity contribution < 1.29 is 17.9 Å². The minimum absolute atomic E-state index is 0.0875. The highest BCUT2D eigenvalue weighted by atomic mass is 32.2. The van der Waals surface area contributed by atoms with Gasteiger partial charge in [0.15, 0.2) is 6.61 Å². The summed E-state index contributed by atoms with van der Waals surface area (Å²) in [7, 11) is -2.91. The number of ether oxygens (including phenoxy) is 1. The molecule has 20 heavy (non-hydrogen) atoms. The Bertz CT molecular complexity index is 572. The molecule has 7 heteroatoms. The maximum absolute atomic E-state index is 11.7. The summed E-state index contributed by atoms with van der Waals surface area (Å²) in [6.07, 6.45) is 0.929. The van der Waals surface area contributed by atoms with E-state index in [0.717, 1.165) is 0 Å². The van der Waals surface area contributed by atoms with E-state index in [2.05, 4.69) is 5.32 Å². The van der Waals surface area contributed by atoms with E-state index in [1.54, 1.807) is 24.3 Å². The maximum Gasteiger partial charge on any atom is 0.258 e. The van der Waals surface area contributed by atoms with E-state index >= 15 is 0 Å². The van der Waals surface area contributed by atoms with Gasteiger partial charge in [0.2, 0.25) is 0 Å². The van der Waals surface area contributed by atoms with E-state index in [9.17, 15) is 13.2 Å². The number of benzene rings is 1. The van der Waals surface area contributed by atoms with E-state index < -0.39 is 9.84 Å². The highest BCUT2D eigenvalue weighted by molar-refractivity contribution is 7.91. The Hall–Kier alpha value is -1.76. The second kappa shape index (κ2) is 6.13. The van der Waals surface area contributed by atoms with Crippen LogP contribution < -0.4 is 15.8 Å². The lowest BCUT2D eigenvalue weighted by Gasteiger charge is -2.23. The molecule has 0 aromatic heterocycles. The molecule has 0 aliphatic carbocycles. The number of nitrogens with one attached hydrogen (secondary N) is 1. The van der Waals surface area contributed by atoms with E-state index in [1.807, 2.05) is 0 Å². The molecule has 1 fully saturated rings. The average molecular weight is 298 g/mol. The molecular formula is C13H18N2O4S. The minimum Gasteiger partial charge on any atom is -0.484 e. The fraction of sp³-hybridized carbons (Fsp3) is 0.462. The van der Waals surface area contributed by atoms with Gasteiger partial charge in [-0.05, 0) is 25.0 Å². The first-order valence-corrected chi connectivity index (χ1v) is 8.25. The number of nitrogen functional groups attached to an aromatic ring is 1. The zero-order valence-corrected chi connectivity index (χ0v) is 11.9. The van der Waals surface area contributed by atoms with Gasteiger partial charge in [0.1, 0.15) is 15.6 Å². The van der Waals surface area contributed by atoms with Crippen molar-refractivity contribution in [1.29, 1.82) is 0 Å². The van der Waals surface area contributed by atoms with E-state index in [4.69, 9.17) is 10.5 Å². The van der Waals surface area contributed by atoms with Gasteiger partial charge in [-0.25, -0.2) is 8.42 Å². The fourth-order valence-electron chi connectivity index (χ4n) is 2.06. The van der Waals surface area contributed by atoms with Crippen LogP contribution in [0, 0.1) is 0 Å². The molecule has 2 rings (SSSR count). The molecule has 1 aliphatic rings. The van der Waals surface area contributed by atoms with Crippen molar-refractivity contribution in [2.75, 3.05) is 23.8 Å². The number of amides is 1. The molecule has 1 aromatic rings. The molecule has 1 amide bonds. The minimum atomic E-state index is -2.91. The highest BCUT2D eigenvalue weighted by Crippen LogP contribution is 2.15. The third-order valence-electron chi connectivity index (χ3n) is 3.15. The summed E-state index contributed by atoms with van der Waals surface area (Å²) in [6, 6.07) is 6.75. The lowest BCUT2D eigenvalue weighted by molar-refractivity contribution is -0.123. The maximum atomic E-state index is 11.7. The van der Waals surface area contributed by atoms with Gasteiger partial charge in [-0.2, -0.15) is 0 Å². The van der Waals surface area contributed by atoms with Gasteiger partial charge in [0.05, 0.1) is 11.5 Å². The van der Waals surface area contributed by atoms with Gasteiger partial charge >= 0.3 is 0 Å². The zero-order chi connectivity index (χ0) is 14.6. The lowest BCUT2D eigenvalue weighted by atomic mass is 10.1. The third kappa shape index (κ3) is 4.41. The first-order valence-electron chi connectivity index (χ1n) is 6.43. The molecule has 0 unspecified atom stereocenters. The summed E-state index contributed by atoms with van der Waals surface area (Å²) < 4.78 is 27.9. The average Bonchev–Trinajstić information content (AvgIpc) is 2.39. The predicted molar refractivity (Wildman–Crippen MR) is 76.2 cm³/mol. The normalized spacial score (nSPS) is 18.4. The van der Waals surface area contributed by atoms with Crippen LogP contribution in [0.15, 0.2) is 24.3 Å². The standard InChI is InChI=1S/C13H18N2O4S/c14-10-2-1-3-12(8-10)19-9-13(16)15-11-4-6-20(17,18)7-5-11/h1-3,8,11H,4-7,9,14H2,(H,15,16). The van der Waals surface area contributed by atoms with Crippen molar-refractivity contribution in [3.8, 4) is 5.75 Å². The van der Waals surface area contributed by atoms with Crippen LogP contribution in [-0.2, 0) is 14.6 Å². The molecule has 0 spiro atoms. The number of carbonyl (C=O) groups is 1. The Balaban J connectivity index is 1.76. The van der Waals surface area contributed by atoms with Crippen molar-refractivity contribution in [2.24, 2.45) is 0 Å². The molecular weight excluding hydrogens is 280 g/mol. The number of sulfone groups is 1. The number of hydrogen-bond acceptors (Lipinski definition) is 5. The van der Waals surface area contributed by atoms with Crippen LogP contribution in [0.5, 0.6) is 5.75 Å². The van der Waals surface area contributed by atoms with Gasteiger partial charge in [-0.1, -0.05) is 6.07 Å². The molecule has 6 nitrogen and oxygen atoms in total. The second-order valence-corrected chi connectivity index (χ2v) is 7.16. The largest absolute Gasteiger partial charge is 0.484 e. The van der Waals surface area contributed by atoms with Crippen LogP contribution in [0.3, 0.4) is 0 Å². The van der Waals surface area contributed by atoms with Crippen molar-refractivity contribution in [3.63, 3.8) is 0 Å². The smallest absolute Gasteiger partial charge is 0.258 e. The number of hydrogen-bond donors (Lipinski definition) is 2. The van der Waals surface area contributed by atoms with Crippen LogP contribution in [0.1, 0.15) is 12.8 Å². The molecule has 0 bridgehead atoms. The van der Waals surface area contributed by atoms with E-state index in [0.29, 0.717) is 24.3 Å². The summed E-state index contributed by atoms with van der Waals surface area (Å²) >= 11 is 0. The van der Waals surface area contributed by atoms with Gasteiger partial charge in [-0.3, -0.25) is 4.79 Å². The molecule has 1 saturated heterocycles. The molecule has 0 radical (unpaired) electrons. The quantitative estimate of drug-likeness (QED) is 0.781. The number of anilines is 1. The van der Waals surface area contributed by atoms with Crippen LogP contribution in [0.4, 0.5) is 5.69 Å². The monoisotopic (exact) mass is 298 g/mol. The first kappa shape index (κ1) is 14.6. The van der Waals surface area contributed by atoms with E-state index in [-0.39, 0.29) is 30.1 Å². The summed E-state index contributed by atoms with van der Waals surface area (Å²) in [5.41, 5.74) is 6.17. The fourth-order valence-corrected chi connectivity index (χ4v) is 3.55. The summed E-state index contributed by atoms with van der Waals surface area (Å²) in [6.45, 7) is -0.104. The molecule has 1 aliphatic heterocycles. The molecule has 1 heterocycles. The Labute approximate surface area is 118 Å². The van der Waals surface area contributed by atoms with Crippen LogP contribution >= 0.6 is 0 Å². The summed E-state index contributed by atoms with van der Waals surface area (Å²) in [5, 5.41) is 2.78. The van der Waals surface area contributed by atoms with E-state index in [1.165, 1.54) is 0 Å². The molecule has 1 aromatic carbocycles. The van der Waals surface area contributed by atoms with Crippen LogP contribution in [0.2, 0.25) is 0 Å². The van der Waals surface area contributed by atoms with Gasteiger partial charge < -0.3 is 15.8 Å². The summed E-state index contributed by atoms with van der Waals surface area (Å²) in [4.78, 5) is 11.7. The van der Waals surface area contributed by atoms with Gasteiger partial charge in [0.25, 0.3) is 5.91 Å². The van der Waals surface area contributed by atoms with Crippen molar-refractivity contribution >= 4 is 21.4 Å².